The Labute approximate surface area is 127 Å². The number of fused-ring (bicyclic) bond motifs is 1. The van der Waals surface area contributed by atoms with Crippen molar-refractivity contribution in [1.82, 2.24) is 0 Å². The molecule has 1 fully saturated rings. The molecular weight excluding hydrogens is 262 g/mol. The summed E-state index contributed by atoms with van der Waals surface area (Å²) in [7, 11) is 0. The molecule has 6 unspecified atom stereocenters. The fourth-order valence-corrected chi connectivity index (χ4v) is 4.11. The minimum Gasteiger partial charge on any atom is -0.375 e. The van der Waals surface area contributed by atoms with Crippen LogP contribution in [-0.2, 0) is 15.9 Å². The Morgan fingerprint density at radius 1 is 1.19 bits per heavy atom. The fourth-order valence-electron chi connectivity index (χ4n) is 4.11. The first-order valence-corrected chi connectivity index (χ1v) is 8.18. The van der Waals surface area contributed by atoms with Crippen molar-refractivity contribution < 1.29 is 9.47 Å². The molecule has 3 nitrogen and oxygen atoms in total. The molecule has 3 rings (SSSR count). The summed E-state index contributed by atoms with van der Waals surface area (Å²) in [6, 6.07) is 8.72. The lowest BCUT2D eigenvalue weighted by atomic mass is 9.80. The smallest absolute Gasteiger partial charge is 0.0842 e. The predicted octanol–water partition coefficient (Wildman–Crippen LogP) is 3.08. The van der Waals surface area contributed by atoms with Gasteiger partial charge in [-0.15, -0.1) is 0 Å². The van der Waals surface area contributed by atoms with E-state index >= 15 is 0 Å². The summed E-state index contributed by atoms with van der Waals surface area (Å²) in [5.74, 6) is 0.923. The van der Waals surface area contributed by atoms with Crippen LogP contribution in [0.25, 0.3) is 0 Å². The number of ether oxygens (including phenoxy) is 2. The predicted molar refractivity (Wildman–Crippen MR) is 84.1 cm³/mol. The van der Waals surface area contributed by atoms with E-state index in [-0.39, 0.29) is 18.2 Å². The third-order valence-corrected chi connectivity index (χ3v) is 5.39. The highest BCUT2D eigenvalue weighted by molar-refractivity contribution is 5.31. The van der Waals surface area contributed by atoms with Gasteiger partial charge in [0.1, 0.15) is 0 Å². The van der Waals surface area contributed by atoms with Gasteiger partial charge in [0.15, 0.2) is 0 Å². The normalized spacial score (nSPS) is 37.2. The Balaban J connectivity index is 1.73. The summed E-state index contributed by atoms with van der Waals surface area (Å²) in [6.07, 6.45) is 2.57. The van der Waals surface area contributed by atoms with Crippen LogP contribution in [0.5, 0.6) is 0 Å². The van der Waals surface area contributed by atoms with Crippen molar-refractivity contribution >= 4 is 0 Å². The van der Waals surface area contributed by atoms with Crippen LogP contribution in [0.4, 0.5) is 0 Å². The zero-order chi connectivity index (χ0) is 15.0. The molecule has 1 aromatic carbocycles. The molecule has 0 saturated carbocycles. The lowest BCUT2D eigenvalue weighted by Crippen LogP contribution is -2.39. The Kier molecular flexibility index (Phi) is 4.34. The average Bonchev–Trinajstić information content (AvgIpc) is 2.72. The fraction of sp³-hybridized carbons (Fsp3) is 0.667. The first-order valence-electron chi connectivity index (χ1n) is 8.18. The first-order chi connectivity index (χ1) is 10.1. The third-order valence-electron chi connectivity index (χ3n) is 5.39. The van der Waals surface area contributed by atoms with Crippen LogP contribution >= 0.6 is 0 Å². The molecule has 0 amide bonds. The standard InChI is InChI=1S/C18H27NO2/c1-11-12(2)21-13(3)18(11)16(19)10-17-15-7-5-4-6-14(15)8-9-20-17/h4-7,11-13,16-18H,8-10,19H2,1-3H3. The van der Waals surface area contributed by atoms with Gasteiger partial charge in [0.25, 0.3) is 0 Å². The number of hydrogen-bond acceptors (Lipinski definition) is 3. The van der Waals surface area contributed by atoms with Gasteiger partial charge in [-0.1, -0.05) is 31.2 Å². The maximum atomic E-state index is 6.55. The third kappa shape index (κ3) is 2.87. The molecule has 0 radical (unpaired) electrons. The SMILES string of the molecule is CC1OC(C)C(C(N)CC2OCCc3ccccc32)C1C. The monoisotopic (exact) mass is 289 g/mol. The molecule has 2 aliphatic heterocycles. The topological polar surface area (TPSA) is 44.5 Å². The Morgan fingerprint density at radius 2 is 1.95 bits per heavy atom. The minimum absolute atomic E-state index is 0.121. The van der Waals surface area contributed by atoms with Crippen LogP contribution in [0.15, 0.2) is 24.3 Å². The van der Waals surface area contributed by atoms with E-state index in [1.54, 1.807) is 0 Å². The molecule has 0 aliphatic carbocycles. The molecule has 6 atom stereocenters. The van der Waals surface area contributed by atoms with E-state index in [0.717, 1.165) is 19.4 Å². The average molecular weight is 289 g/mol. The number of nitrogens with two attached hydrogens (primary N) is 1. The van der Waals surface area contributed by atoms with Crippen molar-refractivity contribution in [3.63, 3.8) is 0 Å². The van der Waals surface area contributed by atoms with Crippen molar-refractivity contribution in [2.75, 3.05) is 6.61 Å². The van der Waals surface area contributed by atoms with Gasteiger partial charge in [-0.3, -0.25) is 0 Å². The summed E-state index contributed by atoms with van der Waals surface area (Å²) in [4.78, 5) is 0. The minimum atomic E-state index is 0.121. The largest absolute Gasteiger partial charge is 0.375 e. The molecule has 2 N–H and O–H groups in total. The highest BCUT2D eigenvalue weighted by Gasteiger charge is 2.41. The van der Waals surface area contributed by atoms with E-state index in [4.69, 9.17) is 15.2 Å². The molecule has 0 bridgehead atoms. The van der Waals surface area contributed by atoms with Crippen LogP contribution in [-0.4, -0.2) is 24.9 Å². The van der Waals surface area contributed by atoms with Gasteiger partial charge in [-0.2, -0.15) is 0 Å². The summed E-state index contributed by atoms with van der Waals surface area (Å²) in [5.41, 5.74) is 9.29. The Bertz CT molecular complexity index is 490. The van der Waals surface area contributed by atoms with Crippen LogP contribution < -0.4 is 5.73 Å². The molecule has 1 saturated heterocycles. The molecule has 2 aliphatic rings. The van der Waals surface area contributed by atoms with Crippen molar-refractivity contribution in [2.45, 2.75) is 58.0 Å². The zero-order valence-corrected chi connectivity index (χ0v) is 13.3. The summed E-state index contributed by atoms with van der Waals surface area (Å²) >= 11 is 0. The highest BCUT2D eigenvalue weighted by atomic mass is 16.5. The van der Waals surface area contributed by atoms with Gasteiger partial charge < -0.3 is 15.2 Å². The van der Waals surface area contributed by atoms with Crippen molar-refractivity contribution in [2.24, 2.45) is 17.6 Å². The van der Waals surface area contributed by atoms with Crippen LogP contribution in [0.3, 0.4) is 0 Å². The maximum absolute atomic E-state index is 6.55. The quantitative estimate of drug-likeness (QED) is 0.930. The van der Waals surface area contributed by atoms with Gasteiger partial charge >= 0.3 is 0 Å². The van der Waals surface area contributed by atoms with Gasteiger partial charge in [-0.25, -0.2) is 0 Å². The van der Waals surface area contributed by atoms with E-state index in [1.807, 2.05) is 0 Å². The second kappa shape index (κ2) is 6.07. The van der Waals surface area contributed by atoms with Crippen molar-refractivity contribution in [3.05, 3.63) is 35.4 Å². The lowest BCUT2D eigenvalue weighted by molar-refractivity contribution is 0.0196. The molecule has 21 heavy (non-hydrogen) atoms. The second-order valence-corrected chi connectivity index (χ2v) is 6.69. The number of rotatable bonds is 3. The van der Waals surface area contributed by atoms with Crippen LogP contribution in [0.1, 0.15) is 44.4 Å². The number of hydrogen-bond donors (Lipinski definition) is 1. The molecule has 2 heterocycles. The molecule has 116 valence electrons. The van der Waals surface area contributed by atoms with Crippen molar-refractivity contribution in [1.29, 1.82) is 0 Å². The molecule has 0 spiro atoms. The van der Waals surface area contributed by atoms with E-state index in [9.17, 15) is 0 Å². The molecule has 1 aromatic rings. The van der Waals surface area contributed by atoms with Gasteiger partial charge in [0.2, 0.25) is 0 Å². The van der Waals surface area contributed by atoms with Gasteiger partial charge in [-0.05, 0) is 43.7 Å². The van der Waals surface area contributed by atoms with E-state index < -0.39 is 0 Å². The zero-order valence-electron chi connectivity index (χ0n) is 13.3. The van der Waals surface area contributed by atoms with E-state index in [2.05, 4.69) is 45.0 Å². The second-order valence-electron chi connectivity index (χ2n) is 6.69. The number of benzene rings is 1. The molecule has 3 heteroatoms. The molecule has 0 aromatic heterocycles. The highest BCUT2D eigenvalue weighted by Crippen LogP contribution is 2.38. The lowest BCUT2D eigenvalue weighted by Gasteiger charge is -2.32. The van der Waals surface area contributed by atoms with Gasteiger partial charge in [0.05, 0.1) is 24.9 Å². The van der Waals surface area contributed by atoms with E-state index in [0.29, 0.717) is 17.9 Å². The van der Waals surface area contributed by atoms with Gasteiger partial charge in [0, 0.05) is 12.0 Å². The van der Waals surface area contributed by atoms with Crippen LogP contribution in [0.2, 0.25) is 0 Å². The Morgan fingerprint density at radius 3 is 2.67 bits per heavy atom. The Hall–Kier alpha value is -0.900. The summed E-state index contributed by atoms with van der Waals surface area (Å²) < 4.78 is 12.0. The first kappa shape index (κ1) is 15.0. The summed E-state index contributed by atoms with van der Waals surface area (Å²) in [6.45, 7) is 7.37. The summed E-state index contributed by atoms with van der Waals surface area (Å²) in [5, 5.41) is 0. The van der Waals surface area contributed by atoms with Crippen LogP contribution in [0, 0.1) is 11.8 Å². The maximum Gasteiger partial charge on any atom is 0.0842 e. The van der Waals surface area contributed by atoms with Crippen molar-refractivity contribution in [3.8, 4) is 0 Å². The van der Waals surface area contributed by atoms with E-state index in [1.165, 1.54) is 11.1 Å². The molecular formula is C18H27NO2.